The molecule has 28 heavy (non-hydrogen) atoms. The van der Waals surface area contributed by atoms with Crippen LogP contribution in [0.3, 0.4) is 0 Å². The molecule has 2 aliphatic heterocycles. The average Bonchev–Trinajstić information content (AvgIpc) is 3.27. The van der Waals surface area contributed by atoms with Gasteiger partial charge in [0.1, 0.15) is 0 Å². The molecule has 1 N–H and O–H groups in total. The molecule has 0 saturated carbocycles. The first-order valence-corrected chi connectivity index (χ1v) is 10.00. The van der Waals surface area contributed by atoms with Gasteiger partial charge in [-0.3, -0.25) is 9.59 Å². The Balaban J connectivity index is 1.49. The largest absolute Gasteiger partial charge is 0.352 e. The Morgan fingerprint density at radius 2 is 1.96 bits per heavy atom. The minimum absolute atomic E-state index is 0.0789. The number of hydrogen-bond acceptors (Lipinski definition) is 4. The number of ether oxygens (including phenoxy) is 2. The average molecular weight is 445 g/mol. The molecule has 6 nitrogen and oxygen atoms in total. The summed E-state index contributed by atoms with van der Waals surface area (Å²) in [4.78, 5) is 26.1. The van der Waals surface area contributed by atoms with E-state index >= 15 is 0 Å². The summed E-state index contributed by atoms with van der Waals surface area (Å²) in [5, 5.41) is 2.94. The van der Waals surface area contributed by atoms with E-state index in [0.717, 1.165) is 21.3 Å². The number of carbonyl (C=O) groups excluding carboxylic acids is 2. The summed E-state index contributed by atoms with van der Waals surface area (Å²) in [6.07, 6.45) is 0.861. The van der Waals surface area contributed by atoms with Crippen LogP contribution in [0.1, 0.15) is 27.9 Å². The number of hydrogen-bond donors (Lipinski definition) is 1. The van der Waals surface area contributed by atoms with Crippen molar-refractivity contribution >= 4 is 33.4 Å². The summed E-state index contributed by atoms with van der Waals surface area (Å²) in [7, 11) is 1.78. The van der Waals surface area contributed by atoms with E-state index in [1.54, 1.807) is 18.0 Å². The van der Waals surface area contributed by atoms with Crippen LogP contribution in [0, 0.1) is 0 Å². The number of halogens is 1. The SMILES string of the molecule is CN1C(=O)Cc2cc(C3(CCNC(=O)c4ccccc4Br)OCCO3)ccc21. The number of anilines is 1. The molecule has 0 bridgehead atoms. The lowest BCUT2D eigenvalue weighted by Gasteiger charge is -2.28. The normalized spacial score (nSPS) is 17.6. The Bertz CT molecular complexity index is 924. The van der Waals surface area contributed by atoms with Gasteiger partial charge in [0.25, 0.3) is 5.91 Å². The minimum Gasteiger partial charge on any atom is -0.352 e. The predicted molar refractivity (Wildman–Crippen MR) is 108 cm³/mol. The van der Waals surface area contributed by atoms with Crippen LogP contribution in [0.15, 0.2) is 46.9 Å². The Kier molecular flexibility index (Phi) is 5.23. The highest BCUT2D eigenvalue weighted by Gasteiger charge is 2.39. The molecule has 7 heteroatoms. The fourth-order valence-electron chi connectivity index (χ4n) is 3.70. The number of nitrogens with one attached hydrogen (secondary N) is 1. The van der Waals surface area contributed by atoms with Crippen molar-refractivity contribution in [3.8, 4) is 0 Å². The zero-order valence-corrected chi connectivity index (χ0v) is 17.1. The molecule has 0 aromatic heterocycles. The Labute approximate surface area is 171 Å². The summed E-state index contributed by atoms with van der Waals surface area (Å²) in [6.45, 7) is 1.39. The number of carbonyl (C=O) groups is 2. The summed E-state index contributed by atoms with van der Waals surface area (Å²) in [5.41, 5.74) is 3.36. The number of rotatable bonds is 5. The van der Waals surface area contributed by atoms with E-state index in [9.17, 15) is 9.59 Å². The van der Waals surface area contributed by atoms with E-state index in [0.29, 0.717) is 38.2 Å². The summed E-state index contributed by atoms with van der Waals surface area (Å²) in [5.74, 6) is -0.975. The second kappa shape index (κ2) is 7.66. The molecule has 0 atom stereocenters. The van der Waals surface area contributed by atoms with E-state index in [2.05, 4.69) is 21.2 Å². The summed E-state index contributed by atoms with van der Waals surface area (Å²) >= 11 is 3.40. The molecular formula is C21H21BrN2O4. The first-order chi connectivity index (χ1) is 13.5. The number of likely N-dealkylation sites (N-methyl/N-ethyl adjacent to an activating group) is 1. The van der Waals surface area contributed by atoms with Gasteiger partial charge in [-0.1, -0.05) is 18.2 Å². The first kappa shape index (κ1) is 19.1. The molecule has 2 heterocycles. The van der Waals surface area contributed by atoms with Crippen LogP contribution >= 0.6 is 15.9 Å². The first-order valence-electron chi connectivity index (χ1n) is 9.21. The van der Waals surface area contributed by atoms with Crippen molar-refractivity contribution in [3.63, 3.8) is 0 Å². The molecule has 146 valence electrons. The molecule has 0 unspecified atom stereocenters. The van der Waals surface area contributed by atoms with Crippen LogP contribution in [0.2, 0.25) is 0 Å². The van der Waals surface area contributed by atoms with Crippen LogP contribution in [0.4, 0.5) is 5.69 Å². The predicted octanol–water partition coefficient (Wildman–Crippen LogP) is 2.99. The zero-order chi connectivity index (χ0) is 19.7. The molecule has 2 aliphatic rings. The van der Waals surface area contributed by atoms with Gasteiger partial charge in [-0.15, -0.1) is 0 Å². The van der Waals surface area contributed by atoms with E-state index in [-0.39, 0.29) is 11.8 Å². The van der Waals surface area contributed by atoms with Crippen molar-refractivity contribution in [2.45, 2.75) is 18.6 Å². The van der Waals surface area contributed by atoms with Crippen molar-refractivity contribution in [3.05, 3.63) is 63.6 Å². The van der Waals surface area contributed by atoms with Crippen LogP contribution < -0.4 is 10.2 Å². The van der Waals surface area contributed by atoms with Gasteiger partial charge in [0.15, 0.2) is 5.79 Å². The maximum Gasteiger partial charge on any atom is 0.252 e. The number of amides is 2. The van der Waals surface area contributed by atoms with Gasteiger partial charge in [-0.25, -0.2) is 0 Å². The van der Waals surface area contributed by atoms with E-state index < -0.39 is 5.79 Å². The lowest BCUT2D eigenvalue weighted by atomic mass is 9.98. The second-order valence-corrected chi connectivity index (χ2v) is 7.76. The van der Waals surface area contributed by atoms with Crippen molar-refractivity contribution in [2.24, 2.45) is 0 Å². The molecule has 2 aromatic rings. The van der Waals surface area contributed by atoms with Gasteiger partial charge >= 0.3 is 0 Å². The minimum atomic E-state index is -0.902. The lowest BCUT2D eigenvalue weighted by Crippen LogP contribution is -2.34. The van der Waals surface area contributed by atoms with E-state index in [4.69, 9.17) is 9.47 Å². The third-order valence-electron chi connectivity index (χ3n) is 5.21. The monoisotopic (exact) mass is 444 g/mol. The van der Waals surface area contributed by atoms with Crippen molar-refractivity contribution in [1.29, 1.82) is 0 Å². The fourth-order valence-corrected chi connectivity index (χ4v) is 4.16. The van der Waals surface area contributed by atoms with Crippen molar-refractivity contribution < 1.29 is 19.1 Å². The number of fused-ring (bicyclic) bond motifs is 1. The molecule has 2 aromatic carbocycles. The topological polar surface area (TPSA) is 67.9 Å². The molecule has 2 amide bonds. The van der Waals surface area contributed by atoms with Crippen LogP contribution in [-0.2, 0) is 26.5 Å². The van der Waals surface area contributed by atoms with Crippen LogP contribution in [-0.4, -0.2) is 38.6 Å². The highest BCUT2D eigenvalue weighted by Crippen LogP contribution is 2.38. The van der Waals surface area contributed by atoms with Gasteiger partial charge in [0, 0.05) is 35.7 Å². The molecule has 0 radical (unpaired) electrons. The van der Waals surface area contributed by atoms with Crippen molar-refractivity contribution in [2.75, 3.05) is 31.7 Å². The Morgan fingerprint density at radius 1 is 1.21 bits per heavy atom. The molecule has 0 aliphatic carbocycles. The highest BCUT2D eigenvalue weighted by molar-refractivity contribution is 9.10. The smallest absolute Gasteiger partial charge is 0.252 e. The molecule has 1 saturated heterocycles. The molecular weight excluding hydrogens is 424 g/mol. The molecule has 0 spiro atoms. The summed E-state index contributed by atoms with van der Waals surface area (Å²) < 4.78 is 12.7. The fraction of sp³-hybridized carbons (Fsp3) is 0.333. The van der Waals surface area contributed by atoms with Gasteiger partial charge in [0.2, 0.25) is 5.91 Å². The van der Waals surface area contributed by atoms with E-state index in [1.807, 2.05) is 36.4 Å². The van der Waals surface area contributed by atoms with Crippen molar-refractivity contribution in [1.82, 2.24) is 5.32 Å². The summed E-state index contributed by atoms with van der Waals surface area (Å²) in [6, 6.07) is 13.2. The highest BCUT2D eigenvalue weighted by atomic mass is 79.9. The van der Waals surface area contributed by atoms with Crippen LogP contribution in [0.5, 0.6) is 0 Å². The maximum atomic E-state index is 12.4. The quantitative estimate of drug-likeness (QED) is 0.769. The number of benzene rings is 2. The zero-order valence-electron chi connectivity index (χ0n) is 15.5. The Morgan fingerprint density at radius 3 is 2.71 bits per heavy atom. The molecule has 1 fully saturated rings. The Hall–Kier alpha value is -2.22. The van der Waals surface area contributed by atoms with Gasteiger partial charge in [-0.2, -0.15) is 0 Å². The van der Waals surface area contributed by atoms with Gasteiger partial charge < -0.3 is 19.7 Å². The maximum absolute atomic E-state index is 12.4. The van der Waals surface area contributed by atoms with Crippen LogP contribution in [0.25, 0.3) is 0 Å². The standard InChI is InChI=1S/C21H21BrN2O4/c1-24-18-7-6-15(12-14(18)13-19(24)25)21(27-10-11-28-21)8-9-23-20(26)16-4-2-3-5-17(16)22/h2-7,12H,8-11,13H2,1H3,(H,23,26). The van der Waals surface area contributed by atoms with E-state index in [1.165, 1.54) is 0 Å². The van der Waals surface area contributed by atoms with Gasteiger partial charge in [-0.05, 0) is 45.8 Å². The third-order valence-corrected chi connectivity index (χ3v) is 5.90. The number of nitrogens with zero attached hydrogens (tertiary/aromatic N) is 1. The lowest BCUT2D eigenvalue weighted by molar-refractivity contribution is -0.169. The molecule has 4 rings (SSSR count). The van der Waals surface area contributed by atoms with Gasteiger partial charge in [0.05, 0.1) is 25.2 Å². The third kappa shape index (κ3) is 3.45. The second-order valence-electron chi connectivity index (χ2n) is 6.91.